The van der Waals surface area contributed by atoms with Crippen molar-refractivity contribution in [1.29, 1.82) is 0 Å². The monoisotopic (exact) mass is 396 g/mol. The summed E-state index contributed by atoms with van der Waals surface area (Å²) >= 11 is 2.32. The van der Waals surface area contributed by atoms with Gasteiger partial charge in [0, 0.05) is 0 Å². The number of allylic oxidation sites excluding steroid dienone is 1. The number of carbonyl (C=O) groups is 2. The molecule has 0 unspecified atom stereocenters. The second kappa shape index (κ2) is 11.1. The normalized spacial score (nSPS) is 10.9. The molecule has 0 aliphatic heterocycles. The molecule has 5 heteroatoms. The van der Waals surface area contributed by atoms with Gasteiger partial charge in [0.05, 0.1) is 13.2 Å². The molecular formula is C15H25IO4. The first-order valence-electron chi connectivity index (χ1n) is 7.10. The van der Waals surface area contributed by atoms with Crippen LogP contribution in [0.2, 0.25) is 0 Å². The van der Waals surface area contributed by atoms with Crippen molar-refractivity contribution in [3.63, 3.8) is 0 Å². The van der Waals surface area contributed by atoms with E-state index in [9.17, 15) is 9.59 Å². The van der Waals surface area contributed by atoms with Crippen LogP contribution in [0.15, 0.2) is 12.7 Å². The average molecular weight is 396 g/mol. The predicted octanol–water partition coefficient (Wildman–Crippen LogP) is 3.67. The van der Waals surface area contributed by atoms with E-state index >= 15 is 0 Å². The zero-order valence-corrected chi connectivity index (χ0v) is 14.6. The summed E-state index contributed by atoms with van der Waals surface area (Å²) in [4.78, 5) is 24.5. The largest absolute Gasteiger partial charge is 0.465 e. The highest BCUT2D eigenvalue weighted by Gasteiger charge is 2.47. The average Bonchev–Trinajstić information content (AvgIpc) is 2.42. The maximum Gasteiger partial charge on any atom is 0.323 e. The van der Waals surface area contributed by atoms with Crippen molar-refractivity contribution in [2.45, 2.75) is 46.0 Å². The fourth-order valence-electron chi connectivity index (χ4n) is 2.04. The molecule has 0 heterocycles. The van der Waals surface area contributed by atoms with Gasteiger partial charge < -0.3 is 9.47 Å². The maximum atomic E-state index is 12.3. The van der Waals surface area contributed by atoms with Crippen LogP contribution in [-0.2, 0) is 19.1 Å². The Balaban J connectivity index is 5.05. The molecule has 0 aromatic carbocycles. The number of hydrogen-bond acceptors (Lipinski definition) is 4. The minimum Gasteiger partial charge on any atom is -0.465 e. The summed E-state index contributed by atoms with van der Waals surface area (Å²) in [5.74, 6) is -0.986. The third kappa shape index (κ3) is 5.81. The lowest BCUT2D eigenvalue weighted by molar-refractivity contribution is -0.172. The van der Waals surface area contributed by atoms with Gasteiger partial charge in [0.2, 0.25) is 0 Å². The van der Waals surface area contributed by atoms with Gasteiger partial charge >= 0.3 is 11.9 Å². The van der Waals surface area contributed by atoms with Crippen molar-refractivity contribution in [3.8, 4) is 0 Å². The molecule has 20 heavy (non-hydrogen) atoms. The summed E-state index contributed by atoms with van der Waals surface area (Å²) in [5.41, 5.74) is -1.22. The molecule has 0 N–H and O–H groups in total. The fraction of sp³-hybridized carbons (Fsp3) is 0.733. The van der Waals surface area contributed by atoms with Crippen molar-refractivity contribution in [2.24, 2.45) is 5.41 Å². The molecule has 0 amide bonds. The summed E-state index contributed by atoms with van der Waals surface area (Å²) in [7, 11) is 0. The fourth-order valence-corrected chi connectivity index (χ4v) is 2.58. The molecule has 0 spiro atoms. The lowest BCUT2D eigenvalue weighted by Crippen LogP contribution is -2.42. The van der Waals surface area contributed by atoms with Gasteiger partial charge in [-0.25, -0.2) is 0 Å². The van der Waals surface area contributed by atoms with Crippen LogP contribution in [0.25, 0.3) is 0 Å². The van der Waals surface area contributed by atoms with E-state index < -0.39 is 17.4 Å². The van der Waals surface area contributed by atoms with E-state index in [0.29, 0.717) is 6.42 Å². The van der Waals surface area contributed by atoms with Gasteiger partial charge in [-0.15, -0.1) is 6.58 Å². The number of halogens is 1. The number of rotatable bonds is 11. The molecule has 4 nitrogen and oxygen atoms in total. The number of hydrogen-bond donors (Lipinski definition) is 0. The van der Waals surface area contributed by atoms with Crippen LogP contribution in [0.3, 0.4) is 0 Å². The SMILES string of the molecule is C=CCC(CCCCCI)(C(=O)OCC)C(=O)OCC. The molecular weight excluding hydrogens is 371 g/mol. The molecule has 0 atom stereocenters. The topological polar surface area (TPSA) is 52.6 Å². The van der Waals surface area contributed by atoms with Crippen LogP contribution in [0, 0.1) is 5.41 Å². The molecule has 0 aliphatic carbocycles. The lowest BCUT2D eigenvalue weighted by Gasteiger charge is -2.28. The first kappa shape index (κ1) is 19.4. The molecule has 0 saturated carbocycles. The van der Waals surface area contributed by atoms with Gasteiger partial charge in [0.25, 0.3) is 0 Å². The lowest BCUT2D eigenvalue weighted by atomic mass is 9.79. The molecule has 0 aromatic rings. The minimum absolute atomic E-state index is 0.255. The van der Waals surface area contributed by atoms with Crippen LogP contribution in [0.1, 0.15) is 46.0 Å². The molecule has 0 bridgehead atoms. The van der Waals surface area contributed by atoms with E-state index in [0.717, 1.165) is 23.7 Å². The molecule has 0 rings (SSSR count). The van der Waals surface area contributed by atoms with Crippen LogP contribution in [0.5, 0.6) is 0 Å². The summed E-state index contributed by atoms with van der Waals surface area (Å²) in [6, 6.07) is 0. The van der Waals surface area contributed by atoms with Crippen molar-refractivity contribution in [2.75, 3.05) is 17.6 Å². The quantitative estimate of drug-likeness (QED) is 0.134. The number of esters is 2. The zero-order valence-electron chi connectivity index (χ0n) is 12.5. The van der Waals surface area contributed by atoms with E-state index in [1.54, 1.807) is 19.9 Å². The van der Waals surface area contributed by atoms with E-state index in [4.69, 9.17) is 9.47 Å². The van der Waals surface area contributed by atoms with Gasteiger partial charge in [-0.2, -0.15) is 0 Å². The Morgan fingerprint density at radius 1 is 1.10 bits per heavy atom. The Bertz CT molecular complexity index is 297. The smallest absolute Gasteiger partial charge is 0.323 e. The van der Waals surface area contributed by atoms with Gasteiger partial charge in [0.15, 0.2) is 5.41 Å². The van der Waals surface area contributed by atoms with E-state index in [-0.39, 0.29) is 19.6 Å². The highest BCUT2D eigenvalue weighted by atomic mass is 127. The third-order valence-electron chi connectivity index (χ3n) is 3.06. The molecule has 0 aliphatic rings. The Kier molecular flexibility index (Phi) is 10.8. The highest BCUT2D eigenvalue weighted by molar-refractivity contribution is 14.1. The van der Waals surface area contributed by atoms with E-state index in [1.165, 1.54) is 0 Å². The second-order valence-corrected chi connectivity index (χ2v) is 5.59. The summed E-state index contributed by atoms with van der Waals surface area (Å²) in [5, 5.41) is 0. The van der Waals surface area contributed by atoms with Crippen molar-refractivity contribution >= 4 is 34.5 Å². The Labute approximate surface area is 135 Å². The first-order chi connectivity index (χ1) is 9.58. The molecule has 0 saturated heterocycles. The number of ether oxygens (including phenoxy) is 2. The van der Waals surface area contributed by atoms with Crippen molar-refractivity contribution < 1.29 is 19.1 Å². The van der Waals surface area contributed by atoms with Gasteiger partial charge in [-0.3, -0.25) is 9.59 Å². The van der Waals surface area contributed by atoms with Crippen molar-refractivity contribution in [3.05, 3.63) is 12.7 Å². The Morgan fingerprint density at radius 3 is 2.05 bits per heavy atom. The van der Waals surface area contributed by atoms with Crippen molar-refractivity contribution in [1.82, 2.24) is 0 Å². The van der Waals surface area contributed by atoms with Crippen LogP contribution >= 0.6 is 22.6 Å². The summed E-state index contributed by atoms with van der Waals surface area (Å²) in [6.45, 7) is 7.64. The first-order valence-corrected chi connectivity index (χ1v) is 8.62. The predicted molar refractivity (Wildman–Crippen MR) is 87.9 cm³/mol. The number of alkyl halides is 1. The Morgan fingerprint density at radius 2 is 1.65 bits per heavy atom. The minimum atomic E-state index is -1.22. The maximum absolute atomic E-state index is 12.3. The molecule has 0 fully saturated rings. The zero-order chi connectivity index (χ0) is 15.4. The number of unbranched alkanes of at least 4 members (excludes halogenated alkanes) is 2. The highest BCUT2D eigenvalue weighted by Crippen LogP contribution is 2.33. The molecule has 0 aromatic heterocycles. The standard InChI is InChI=1S/C15H25IO4/c1-4-10-15(13(17)19-5-2,14(18)20-6-3)11-8-7-9-12-16/h4H,1,5-12H2,2-3H3. The van der Waals surface area contributed by atoms with Gasteiger partial charge in [-0.05, 0) is 37.5 Å². The van der Waals surface area contributed by atoms with Crippen LogP contribution in [0.4, 0.5) is 0 Å². The Hall–Kier alpha value is -0.590. The summed E-state index contributed by atoms with van der Waals surface area (Å²) in [6.07, 6.45) is 5.17. The third-order valence-corrected chi connectivity index (χ3v) is 3.83. The summed E-state index contributed by atoms with van der Waals surface area (Å²) < 4.78 is 11.3. The van der Waals surface area contributed by atoms with E-state index in [1.807, 2.05) is 0 Å². The molecule has 0 radical (unpaired) electrons. The second-order valence-electron chi connectivity index (χ2n) is 4.52. The van der Waals surface area contributed by atoms with Crippen LogP contribution in [-0.4, -0.2) is 29.6 Å². The van der Waals surface area contributed by atoms with Gasteiger partial charge in [0.1, 0.15) is 0 Å². The molecule has 116 valence electrons. The van der Waals surface area contributed by atoms with E-state index in [2.05, 4.69) is 29.2 Å². The number of carbonyl (C=O) groups excluding carboxylic acids is 2. The van der Waals surface area contributed by atoms with Crippen LogP contribution < -0.4 is 0 Å². The van der Waals surface area contributed by atoms with Gasteiger partial charge in [-0.1, -0.05) is 41.5 Å².